The molecule has 1 aliphatic rings. The van der Waals surface area contributed by atoms with Gasteiger partial charge in [-0.15, -0.1) is 0 Å². The molecule has 1 aliphatic carbocycles. The van der Waals surface area contributed by atoms with Crippen molar-refractivity contribution in [2.45, 2.75) is 44.2 Å². The van der Waals surface area contributed by atoms with Crippen molar-refractivity contribution in [3.8, 4) is 5.75 Å². The number of methoxy groups -OCH3 is 1. The van der Waals surface area contributed by atoms with Gasteiger partial charge in [0.15, 0.2) is 0 Å². The first-order chi connectivity index (χ1) is 10.0. The van der Waals surface area contributed by atoms with Gasteiger partial charge in [-0.2, -0.15) is 0 Å². The van der Waals surface area contributed by atoms with E-state index in [2.05, 4.69) is 56.5 Å². The summed E-state index contributed by atoms with van der Waals surface area (Å²) >= 11 is 0. The summed E-state index contributed by atoms with van der Waals surface area (Å²) in [6.07, 6.45) is 5.14. The summed E-state index contributed by atoms with van der Waals surface area (Å²) < 4.78 is 5.41. The van der Waals surface area contributed by atoms with Gasteiger partial charge in [-0.3, -0.25) is 0 Å². The third kappa shape index (κ3) is 3.24. The van der Waals surface area contributed by atoms with E-state index in [0.29, 0.717) is 6.04 Å². The molecule has 0 aromatic heterocycles. The molecule has 2 rings (SSSR count). The van der Waals surface area contributed by atoms with Crippen LogP contribution in [0.25, 0.3) is 0 Å². The summed E-state index contributed by atoms with van der Waals surface area (Å²) in [6, 6.07) is 8.82. The van der Waals surface area contributed by atoms with E-state index in [1.165, 1.54) is 31.2 Å². The molecule has 3 unspecified atom stereocenters. The van der Waals surface area contributed by atoms with E-state index in [9.17, 15) is 0 Å². The van der Waals surface area contributed by atoms with Gasteiger partial charge in [0.05, 0.1) is 13.2 Å². The molecule has 0 heterocycles. The Bertz CT molecular complexity index is 460. The van der Waals surface area contributed by atoms with Crippen molar-refractivity contribution < 1.29 is 4.74 Å². The van der Waals surface area contributed by atoms with E-state index in [-0.39, 0.29) is 5.54 Å². The second kappa shape index (κ2) is 6.80. The highest BCUT2D eigenvalue weighted by molar-refractivity contribution is 5.33. The zero-order chi connectivity index (χ0) is 15.5. The van der Waals surface area contributed by atoms with Crippen molar-refractivity contribution in [2.24, 2.45) is 5.92 Å². The summed E-state index contributed by atoms with van der Waals surface area (Å²) in [5.41, 5.74) is 1.50. The molecule has 0 amide bonds. The van der Waals surface area contributed by atoms with E-state index >= 15 is 0 Å². The lowest BCUT2D eigenvalue weighted by atomic mass is 9.69. The first-order valence-electron chi connectivity index (χ1n) is 8.02. The van der Waals surface area contributed by atoms with Gasteiger partial charge in [-0.1, -0.05) is 31.9 Å². The van der Waals surface area contributed by atoms with Crippen molar-refractivity contribution in [3.05, 3.63) is 29.8 Å². The molecule has 1 aromatic carbocycles. The molecular formula is C18H30N2O. The molecular weight excluding hydrogens is 260 g/mol. The number of nitrogens with one attached hydrogen (secondary N) is 1. The Hall–Kier alpha value is -1.06. The van der Waals surface area contributed by atoms with Crippen LogP contribution in [0.4, 0.5) is 0 Å². The van der Waals surface area contributed by atoms with Crippen LogP contribution >= 0.6 is 0 Å². The van der Waals surface area contributed by atoms with Crippen LogP contribution in [0.1, 0.15) is 44.2 Å². The largest absolute Gasteiger partial charge is 0.497 e. The van der Waals surface area contributed by atoms with E-state index in [4.69, 9.17) is 4.74 Å². The van der Waals surface area contributed by atoms with Crippen LogP contribution in [-0.4, -0.2) is 38.7 Å². The van der Waals surface area contributed by atoms with E-state index in [0.717, 1.165) is 11.7 Å². The number of nitrogens with zero attached hydrogens (tertiary/aromatic N) is 1. The zero-order valence-electron chi connectivity index (χ0n) is 14.1. The molecule has 1 aromatic rings. The monoisotopic (exact) mass is 290 g/mol. The lowest BCUT2D eigenvalue weighted by Gasteiger charge is -2.50. The second-order valence-electron chi connectivity index (χ2n) is 6.70. The molecule has 0 saturated heterocycles. The topological polar surface area (TPSA) is 24.5 Å². The Kier molecular flexibility index (Phi) is 5.28. The van der Waals surface area contributed by atoms with Crippen molar-refractivity contribution >= 4 is 0 Å². The smallest absolute Gasteiger partial charge is 0.119 e. The van der Waals surface area contributed by atoms with Crippen LogP contribution in [0.2, 0.25) is 0 Å². The molecule has 3 atom stereocenters. The third-order valence-electron chi connectivity index (χ3n) is 5.15. The van der Waals surface area contributed by atoms with Crippen molar-refractivity contribution in [3.63, 3.8) is 0 Å². The Balaban J connectivity index is 2.39. The van der Waals surface area contributed by atoms with Crippen LogP contribution in [-0.2, 0) is 0 Å². The fraction of sp³-hybridized carbons (Fsp3) is 0.667. The van der Waals surface area contributed by atoms with Gasteiger partial charge in [0, 0.05) is 5.54 Å². The lowest BCUT2D eigenvalue weighted by Crippen LogP contribution is -2.55. The summed E-state index contributed by atoms with van der Waals surface area (Å²) in [6.45, 7) is 2.38. The number of benzene rings is 1. The first-order valence-corrected chi connectivity index (χ1v) is 8.02. The van der Waals surface area contributed by atoms with E-state index in [1.54, 1.807) is 7.11 Å². The minimum Gasteiger partial charge on any atom is -0.497 e. The van der Waals surface area contributed by atoms with Crippen LogP contribution in [0, 0.1) is 5.92 Å². The number of ether oxygens (including phenoxy) is 1. The van der Waals surface area contributed by atoms with Gasteiger partial charge >= 0.3 is 0 Å². The standard InChI is InChI=1S/C18H30N2O/c1-14-8-7-11-18(13-14,20(3)4)17(19-2)15-9-6-10-16(12-15)21-5/h6,9-10,12,14,17,19H,7-8,11,13H2,1-5H3. The zero-order valence-corrected chi connectivity index (χ0v) is 14.1. The van der Waals surface area contributed by atoms with E-state index < -0.39 is 0 Å². The van der Waals surface area contributed by atoms with Gasteiger partial charge in [0.25, 0.3) is 0 Å². The molecule has 0 spiro atoms. The molecule has 1 N–H and O–H groups in total. The van der Waals surface area contributed by atoms with Crippen LogP contribution in [0.15, 0.2) is 24.3 Å². The molecule has 1 saturated carbocycles. The summed E-state index contributed by atoms with van der Waals surface area (Å²) in [5, 5.41) is 3.58. The van der Waals surface area contributed by atoms with Crippen molar-refractivity contribution in [1.29, 1.82) is 0 Å². The van der Waals surface area contributed by atoms with Crippen molar-refractivity contribution in [2.75, 3.05) is 28.3 Å². The average molecular weight is 290 g/mol. The Labute approximate surface area is 129 Å². The first kappa shape index (κ1) is 16.3. The van der Waals surface area contributed by atoms with Gasteiger partial charge in [-0.05, 0) is 57.6 Å². The van der Waals surface area contributed by atoms with Crippen LogP contribution in [0.5, 0.6) is 5.75 Å². The maximum absolute atomic E-state index is 5.41. The number of hydrogen-bond donors (Lipinski definition) is 1. The number of rotatable bonds is 5. The fourth-order valence-electron chi connectivity index (χ4n) is 4.06. The van der Waals surface area contributed by atoms with Gasteiger partial charge in [0.2, 0.25) is 0 Å². The summed E-state index contributed by atoms with van der Waals surface area (Å²) in [4.78, 5) is 2.43. The SMILES string of the molecule is CNC(c1cccc(OC)c1)C1(N(C)C)CCCC(C)C1. The molecule has 118 valence electrons. The number of likely N-dealkylation sites (N-methyl/N-ethyl adjacent to an activating group) is 2. The van der Waals surface area contributed by atoms with Gasteiger partial charge < -0.3 is 15.0 Å². The lowest BCUT2D eigenvalue weighted by molar-refractivity contribution is 0.0392. The highest BCUT2D eigenvalue weighted by atomic mass is 16.5. The second-order valence-corrected chi connectivity index (χ2v) is 6.70. The predicted octanol–water partition coefficient (Wildman–Crippen LogP) is 3.47. The fourth-order valence-corrected chi connectivity index (χ4v) is 4.06. The summed E-state index contributed by atoms with van der Waals surface area (Å²) in [5.74, 6) is 1.72. The van der Waals surface area contributed by atoms with Crippen LogP contribution in [0.3, 0.4) is 0 Å². The molecule has 0 radical (unpaired) electrons. The minimum absolute atomic E-state index is 0.179. The Morgan fingerprint density at radius 1 is 1.38 bits per heavy atom. The predicted molar refractivity (Wildman–Crippen MR) is 88.8 cm³/mol. The average Bonchev–Trinajstić information content (AvgIpc) is 2.48. The quantitative estimate of drug-likeness (QED) is 0.898. The highest BCUT2D eigenvalue weighted by Crippen LogP contribution is 2.44. The van der Waals surface area contributed by atoms with E-state index in [1.807, 2.05) is 6.07 Å². The third-order valence-corrected chi connectivity index (χ3v) is 5.15. The maximum atomic E-state index is 5.41. The van der Waals surface area contributed by atoms with Gasteiger partial charge in [0.1, 0.15) is 5.75 Å². The summed E-state index contributed by atoms with van der Waals surface area (Å²) in [7, 11) is 8.26. The number of hydrogen-bond acceptors (Lipinski definition) is 3. The van der Waals surface area contributed by atoms with Crippen LogP contribution < -0.4 is 10.1 Å². The molecule has 1 fully saturated rings. The molecule has 3 nitrogen and oxygen atoms in total. The van der Waals surface area contributed by atoms with Crippen molar-refractivity contribution in [1.82, 2.24) is 10.2 Å². The van der Waals surface area contributed by atoms with Gasteiger partial charge in [-0.25, -0.2) is 0 Å². The Morgan fingerprint density at radius 3 is 2.71 bits per heavy atom. The highest BCUT2D eigenvalue weighted by Gasteiger charge is 2.43. The molecule has 0 bridgehead atoms. The normalized spacial score (nSPS) is 27.6. The minimum atomic E-state index is 0.179. The molecule has 0 aliphatic heterocycles. The maximum Gasteiger partial charge on any atom is 0.119 e. The Morgan fingerprint density at radius 2 is 2.14 bits per heavy atom. The molecule has 21 heavy (non-hydrogen) atoms. The molecule has 3 heteroatoms.